The van der Waals surface area contributed by atoms with Gasteiger partial charge in [-0.1, -0.05) is 6.07 Å². The van der Waals surface area contributed by atoms with Crippen molar-refractivity contribution in [2.24, 2.45) is 0 Å². The van der Waals surface area contributed by atoms with E-state index in [9.17, 15) is 4.79 Å². The van der Waals surface area contributed by atoms with Crippen LogP contribution in [0.25, 0.3) is 0 Å². The first-order valence-corrected chi connectivity index (χ1v) is 9.06. The molecule has 0 spiro atoms. The number of carbonyl (C=O) groups is 1. The second-order valence-corrected chi connectivity index (χ2v) is 6.88. The Kier molecular flexibility index (Phi) is 5.10. The van der Waals surface area contributed by atoms with Gasteiger partial charge in [-0.05, 0) is 58.1 Å². The standard InChI is InChI=1S/C18H17NO2S2/c1-21-16-6-4-15(5-7-16)19(12-17-3-2-9-23-17)18(20)11-14-8-10-22-13-14/h2-10,13H,11-12H2,1H3. The van der Waals surface area contributed by atoms with E-state index in [1.807, 2.05) is 57.4 Å². The number of anilines is 1. The van der Waals surface area contributed by atoms with Crippen molar-refractivity contribution in [1.82, 2.24) is 0 Å². The SMILES string of the molecule is COc1ccc(N(Cc2cccs2)C(=O)Cc2ccsc2)cc1. The van der Waals surface area contributed by atoms with Gasteiger partial charge in [0.25, 0.3) is 0 Å². The Morgan fingerprint density at radius 2 is 1.96 bits per heavy atom. The minimum atomic E-state index is 0.0990. The summed E-state index contributed by atoms with van der Waals surface area (Å²) in [4.78, 5) is 15.8. The third-order valence-corrected chi connectivity index (χ3v) is 5.11. The van der Waals surface area contributed by atoms with Crippen molar-refractivity contribution in [3.8, 4) is 5.75 Å². The van der Waals surface area contributed by atoms with E-state index in [1.54, 1.807) is 29.8 Å². The molecule has 3 aromatic rings. The molecule has 0 radical (unpaired) electrons. The smallest absolute Gasteiger partial charge is 0.231 e. The number of hydrogen-bond acceptors (Lipinski definition) is 4. The molecule has 0 fully saturated rings. The van der Waals surface area contributed by atoms with Crippen molar-refractivity contribution in [2.75, 3.05) is 12.0 Å². The Balaban J connectivity index is 1.84. The molecule has 0 aliphatic rings. The third-order valence-electron chi connectivity index (χ3n) is 3.51. The molecule has 0 aliphatic carbocycles. The van der Waals surface area contributed by atoms with Crippen LogP contribution in [0.5, 0.6) is 5.75 Å². The van der Waals surface area contributed by atoms with E-state index >= 15 is 0 Å². The molecule has 0 saturated heterocycles. The third kappa shape index (κ3) is 4.00. The molecule has 0 N–H and O–H groups in total. The number of thiophene rings is 2. The van der Waals surface area contributed by atoms with Gasteiger partial charge in [-0.3, -0.25) is 4.79 Å². The Hall–Kier alpha value is -2.11. The van der Waals surface area contributed by atoms with Crippen LogP contribution < -0.4 is 9.64 Å². The second-order valence-electron chi connectivity index (χ2n) is 5.07. The quantitative estimate of drug-likeness (QED) is 0.655. The van der Waals surface area contributed by atoms with E-state index in [2.05, 4.69) is 6.07 Å². The van der Waals surface area contributed by atoms with E-state index in [4.69, 9.17) is 4.74 Å². The van der Waals surface area contributed by atoms with Gasteiger partial charge in [0.1, 0.15) is 5.75 Å². The fourth-order valence-electron chi connectivity index (χ4n) is 2.31. The molecule has 118 valence electrons. The lowest BCUT2D eigenvalue weighted by molar-refractivity contribution is -0.118. The Morgan fingerprint density at radius 1 is 1.13 bits per heavy atom. The van der Waals surface area contributed by atoms with E-state index in [1.165, 1.54) is 4.88 Å². The van der Waals surface area contributed by atoms with Gasteiger partial charge < -0.3 is 9.64 Å². The molecular formula is C18H17NO2S2. The lowest BCUT2D eigenvalue weighted by atomic mass is 10.2. The lowest BCUT2D eigenvalue weighted by Crippen LogP contribution is -2.31. The average Bonchev–Trinajstić information content (AvgIpc) is 3.26. The maximum Gasteiger partial charge on any atom is 0.231 e. The number of rotatable bonds is 6. The molecule has 3 rings (SSSR count). The number of ether oxygens (including phenoxy) is 1. The zero-order valence-electron chi connectivity index (χ0n) is 12.8. The van der Waals surface area contributed by atoms with Crippen molar-refractivity contribution in [3.05, 3.63) is 69.0 Å². The molecule has 2 heterocycles. The van der Waals surface area contributed by atoms with Crippen LogP contribution in [0.1, 0.15) is 10.4 Å². The second kappa shape index (κ2) is 7.44. The highest BCUT2D eigenvalue weighted by molar-refractivity contribution is 7.09. The van der Waals surface area contributed by atoms with Crippen LogP contribution in [0.15, 0.2) is 58.6 Å². The molecule has 3 nitrogen and oxygen atoms in total. The first-order valence-electron chi connectivity index (χ1n) is 7.24. The zero-order valence-corrected chi connectivity index (χ0v) is 14.4. The van der Waals surface area contributed by atoms with Gasteiger partial charge in [-0.15, -0.1) is 11.3 Å². The van der Waals surface area contributed by atoms with Crippen LogP contribution in [0.3, 0.4) is 0 Å². The van der Waals surface area contributed by atoms with Crippen LogP contribution in [0.4, 0.5) is 5.69 Å². The molecule has 0 aliphatic heterocycles. The molecule has 0 saturated carbocycles. The normalized spacial score (nSPS) is 10.5. The predicted octanol–water partition coefficient (Wildman–Crippen LogP) is 4.59. The first kappa shape index (κ1) is 15.8. The number of hydrogen-bond donors (Lipinski definition) is 0. The van der Waals surface area contributed by atoms with Gasteiger partial charge in [0, 0.05) is 10.6 Å². The van der Waals surface area contributed by atoms with Gasteiger partial charge in [-0.25, -0.2) is 0 Å². The Morgan fingerprint density at radius 3 is 2.57 bits per heavy atom. The van der Waals surface area contributed by atoms with Crippen LogP contribution >= 0.6 is 22.7 Å². The minimum absolute atomic E-state index is 0.0990. The number of nitrogens with zero attached hydrogens (tertiary/aromatic N) is 1. The van der Waals surface area contributed by atoms with Crippen LogP contribution in [-0.4, -0.2) is 13.0 Å². The summed E-state index contributed by atoms with van der Waals surface area (Å²) >= 11 is 3.28. The highest BCUT2D eigenvalue weighted by Gasteiger charge is 2.17. The van der Waals surface area contributed by atoms with Crippen molar-refractivity contribution in [3.63, 3.8) is 0 Å². The first-order chi connectivity index (χ1) is 11.3. The van der Waals surface area contributed by atoms with Gasteiger partial charge >= 0.3 is 0 Å². The van der Waals surface area contributed by atoms with Crippen molar-refractivity contribution < 1.29 is 9.53 Å². The van der Waals surface area contributed by atoms with Crippen LogP contribution in [0, 0.1) is 0 Å². The fourth-order valence-corrected chi connectivity index (χ4v) is 3.67. The molecule has 1 amide bonds. The topological polar surface area (TPSA) is 29.5 Å². The Bertz CT molecular complexity index is 734. The highest BCUT2D eigenvalue weighted by atomic mass is 32.1. The summed E-state index contributed by atoms with van der Waals surface area (Å²) in [6, 6.07) is 13.7. The zero-order chi connectivity index (χ0) is 16.1. The monoisotopic (exact) mass is 343 g/mol. The summed E-state index contributed by atoms with van der Waals surface area (Å²) in [5.74, 6) is 0.886. The van der Waals surface area contributed by atoms with E-state index in [0.29, 0.717) is 13.0 Å². The minimum Gasteiger partial charge on any atom is -0.497 e. The lowest BCUT2D eigenvalue weighted by Gasteiger charge is -2.22. The molecule has 0 bridgehead atoms. The maximum absolute atomic E-state index is 12.8. The van der Waals surface area contributed by atoms with Gasteiger partial charge in [-0.2, -0.15) is 11.3 Å². The maximum atomic E-state index is 12.8. The van der Waals surface area contributed by atoms with E-state index in [-0.39, 0.29) is 5.91 Å². The fraction of sp³-hybridized carbons (Fsp3) is 0.167. The predicted molar refractivity (Wildman–Crippen MR) is 96.5 cm³/mol. The van der Waals surface area contributed by atoms with Crippen molar-refractivity contribution >= 4 is 34.3 Å². The summed E-state index contributed by atoms with van der Waals surface area (Å²) in [5.41, 5.74) is 1.95. The van der Waals surface area contributed by atoms with Crippen LogP contribution in [-0.2, 0) is 17.8 Å². The average molecular weight is 343 g/mol. The Labute approximate surface area is 143 Å². The van der Waals surface area contributed by atoms with Gasteiger partial charge in [0.15, 0.2) is 0 Å². The van der Waals surface area contributed by atoms with Gasteiger partial charge in [0.2, 0.25) is 5.91 Å². The van der Waals surface area contributed by atoms with Crippen molar-refractivity contribution in [2.45, 2.75) is 13.0 Å². The number of benzene rings is 1. The number of amides is 1. The van der Waals surface area contributed by atoms with Crippen molar-refractivity contribution in [1.29, 1.82) is 0 Å². The summed E-state index contributed by atoms with van der Waals surface area (Å²) in [6.45, 7) is 0.590. The summed E-state index contributed by atoms with van der Waals surface area (Å²) < 4.78 is 5.20. The molecular weight excluding hydrogens is 326 g/mol. The van der Waals surface area contributed by atoms with Crippen LogP contribution in [0.2, 0.25) is 0 Å². The molecule has 0 unspecified atom stereocenters. The van der Waals surface area contributed by atoms with E-state index < -0.39 is 0 Å². The summed E-state index contributed by atoms with van der Waals surface area (Å²) in [5, 5.41) is 6.06. The molecule has 23 heavy (non-hydrogen) atoms. The molecule has 2 aromatic heterocycles. The summed E-state index contributed by atoms with van der Waals surface area (Å²) in [7, 11) is 1.64. The number of carbonyl (C=O) groups excluding carboxylic acids is 1. The molecule has 0 atom stereocenters. The van der Waals surface area contributed by atoms with E-state index in [0.717, 1.165) is 17.0 Å². The number of methoxy groups -OCH3 is 1. The molecule has 5 heteroatoms. The largest absolute Gasteiger partial charge is 0.497 e. The highest BCUT2D eigenvalue weighted by Crippen LogP contribution is 2.24. The summed E-state index contributed by atoms with van der Waals surface area (Å²) in [6.07, 6.45) is 0.418. The molecule has 1 aromatic carbocycles. The van der Waals surface area contributed by atoms with Gasteiger partial charge in [0.05, 0.1) is 20.1 Å².